The van der Waals surface area contributed by atoms with Gasteiger partial charge in [0.05, 0.1) is 5.92 Å². The van der Waals surface area contributed by atoms with Gasteiger partial charge in [0, 0.05) is 6.54 Å². The van der Waals surface area contributed by atoms with Crippen molar-refractivity contribution in [3.63, 3.8) is 0 Å². The van der Waals surface area contributed by atoms with E-state index in [2.05, 4.69) is 6.92 Å². The molecular formula is C15H29NO2. The largest absolute Gasteiger partial charge is 0.481 e. The van der Waals surface area contributed by atoms with Gasteiger partial charge in [-0.25, -0.2) is 0 Å². The Bertz CT molecular complexity index is 237. The highest BCUT2D eigenvalue weighted by Crippen LogP contribution is 2.30. The minimum atomic E-state index is -0.740. The minimum Gasteiger partial charge on any atom is -0.481 e. The topological polar surface area (TPSA) is 63.3 Å². The average molecular weight is 255 g/mol. The third kappa shape index (κ3) is 5.85. The van der Waals surface area contributed by atoms with Gasteiger partial charge in [0.25, 0.3) is 0 Å². The smallest absolute Gasteiger partial charge is 0.307 e. The first-order chi connectivity index (χ1) is 8.63. The van der Waals surface area contributed by atoms with Crippen molar-refractivity contribution in [2.45, 2.75) is 64.7 Å². The molecule has 0 aromatic heterocycles. The molecule has 1 saturated carbocycles. The van der Waals surface area contributed by atoms with E-state index >= 15 is 0 Å². The summed E-state index contributed by atoms with van der Waals surface area (Å²) in [5, 5.41) is 8.93. The van der Waals surface area contributed by atoms with Crippen LogP contribution in [-0.2, 0) is 4.79 Å². The number of hydrogen-bond donors (Lipinski definition) is 2. The van der Waals surface area contributed by atoms with Gasteiger partial charge in [0.15, 0.2) is 0 Å². The maximum absolute atomic E-state index is 10.9. The van der Waals surface area contributed by atoms with Crippen molar-refractivity contribution in [2.75, 3.05) is 6.54 Å². The minimum absolute atomic E-state index is 0.268. The van der Waals surface area contributed by atoms with E-state index in [0.717, 1.165) is 18.8 Å². The van der Waals surface area contributed by atoms with E-state index in [-0.39, 0.29) is 12.5 Å². The number of rotatable bonds is 9. The predicted molar refractivity (Wildman–Crippen MR) is 74.4 cm³/mol. The van der Waals surface area contributed by atoms with Crippen molar-refractivity contribution < 1.29 is 9.90 Å². The summed E-state index contributed by atoms with van der Waals surface area (Å²) in [6.07, 6.45) is 11.4. The van der Waals surface area contributed by atoms with Crippen LogP contribution in [0.1, 0.15) is 64.7 Å². The van der Waals surface area contributed by atoms with E-state index in [9.17, 15) is 4.79 Å². The summed E-state index contributed by atoms with van der Waals surface area (Å²) < 4.78 is 0. The molecule has 3 heteroatoms. The Kier molecular flexibility index (Phi) is 7.33. The first-order valence-electron chi connectivity index (χ1n) is 7.56. The summed E-state index contributed by atoms with van der Waals surface area (Å²) in [6, 6.07) is 0. The first-order valence-corrected chi connectivity index (χ1v) is 7.56. The van der Waals surface area contributed by atoms with Crippen molar-refractivity contribution >= 4 is 5.97 Å². The average Bonchev–Trinajstić information content (AvgIpc) is 2.82. The van der Waals surface area contributed by atoms with Gasteiger partial charge in [-0.2, -0.15) is 0 Å². The van der Waals surface area contributed by atoms with Gasteiger partial charge in [0.2, 0.25) is 0 Å². The summed E-state index contributed by atoms with van der Waals surface area (Å²) in [5.74, 6) is 0.533. The fraction of sp³-hybridized carbons (Fsp3) is 0.933. The SMILES string of the molecule is CC(CCCC1CCCC1)CCC(CN)C(=O)O. The fourth-order valence-corrected chi connectivity index (χ4v) is 3.03. The van der Waals surface area contributed by atoms with E-state index in [4.69, 9.17) is 10.8 Å². The first kappa shape index (κ1) is 15.5. The van der Waals surface area contributed by atoms with Crippen molar-refractivity contribution in [3.8, 4) is 0 Å². The Balaban J connectivity index is 2.05. The van der Waals surface area contributed by atoms with Gasteiger partial charge in [-0.1, -0.05) is 51.9 Å². The molecule has 0 radical (unpaired) electrons. The summed E-state index contributed by atoms with van der Waals surface area (Å²) in [7, 11) is 0. The lowest BCUT2D eigenvalue weighted by molar-refractivity contribution is -0.141. The molecule has 0 spiro atoms. The third-order valence-corrected chi connectivity index (χ3v) is 4.43. The van der Waals surface area contributed by atoms with Crippen LogP contribution in [0.4, 0.5) is 0 Å². The molecular weight excluding hydrogens is 226 g/mol. The highest BCUT2D eigenvalue weighted by molar-refractivity contribution is 5.70. The Morgan fingerprint density at radius 1 is 1.28 bits per heavy atom. The fourth-order valence-electron chi connectivity index (χ4n) is 3.03. The number of carbonyl (C=O) groups is 1. The van der Waals surface area contributed by atoms with Gasteiger partial charge in [-0.3, -0.25) is 4.79 Å². The number of carboxylic acids is 1. The molecule has 2 atom stereocenters. The monoisotopic (exact) mass is 255 g/mol. The molecule has 1 fully saturated rings. The molecule has 1 aliphatic rings. The van der Waals surface area contributed by atoms with Gasteiger partial charge >= 0.3 is 5.97 Å². The van der Waals surface area contributed by atoms with Crippen LogP contribution in [0.15, 0.2) is 0 Å². The Labute approximate surface area is 111 Å². The molecule has 0 aromatic rings. The molecule has 0 saturated heterocycles. The van der Waals surface area contributed by atoms with Crippen LogP contribution in [0.25, 0.3) is 0 Å². The molecule has 3 nitrogen and oxygen atoms in total. The second-order valence-electron chi connectivity index (χ2n) is 6.03. The van der Waals surface area contributed by atoms with Crippen LogP contribution >= 0.6 is 0 Å². The molecule has 1 aliphatic carbocycles. The van der Waals surface area contributed by atoms with E-state index in [1.54, 1.807) is 0 Å². The highest BCUT2D eigenvalue weighted by Gasteiger charge is 2.17. The molecule has 1 rings (SSSR count). The lowest BCUT2D eigenvalue weighted by Gasteiger charge is -2.15. The number of hydrogen-bond acceptors (Lipinski definition) is 2. The molecule has 3 N–H and O–H groups in total. The maximum atomic E-state index is 10.9. The summed E-state index contributed by atoms with van der Waals surface area (Å²) in [5.41, 5.74) is 5.46. The zero-order chi connectivity index (χ0) is 13.4. The molecule has 0 aromatic carbocycles. The van der Waals surface area contributed by atoms with Crippen LogP contribution in [0.3, 0.4) is 0 Å². The molecule has 2 unspecified atom stereocenters. The Morgan fingerprint density at radius 3 is 2.50 bits per heavy atom. The van der Waals surface area contributed by atoms with E-state index in [1.165, 1.54) is 44.9 Å². The third-order valence-electron chi connectivity index (χ3n) is 4.43. The van der Waals surface area contributed by atoms with E-state index < -0.39 is 5.97 Å². The van der Waals surface area contributed by atoms with Gasteiger partial charge in [-0.15, -0.1) is 0 Å². The lowest BCUT2D eigenvalue weighted by atomic mass is 9.91. The molecule has 18 heavy (non-hydrogen) atoms. The summed E-state index contributed by atoms with van der Waals surface area (Å²) in [4.78, 5) is 10.9. The predicted octanol–water partition coefficient (Wildman–Crippen LogP) is 3.42. The molecule has 106 valence electrons. The van der Waals surface area contributed by atoms with E-state index in [0.29, 0.717) is 5.92 Å². The van der Waals surface area contributed by atoms with Crippen LogP contribution in [0, 0.1) is 17.8 Å². The molecule has 0 bridgehead atoms. The highest BCUT2D eigenvalue weighted by atomic mass is 16.4. The normalized spacial score (nSPS) is 19.9. The second-order valence-corrected chi connectivity index (χ2v) is 6.03. The van der Waals surface area contributed by atoms with Crippen molar-refractivity contribution in [1.29, 1.82) is 0 Å². The van der Waals surface area contributed by atoms with Crippen LogP contribution < -0.4 is 5.73 Å². The lowest BCUT2D eigenvalue weighted by Crippen LogP contribution is -2.23. The van der Waals surface area contributed by atoms with Crippen LogP contribution in [-0.4, -0.2) is 17.6 Å². The van der Waals surface area contributed by atoms with Crippen molar-refractivity contribution in [2.24, 2.45) is 23.5 Å². The Hall–Kier alpha value is -0.570. The zero-order valence-corrected chi connectivity index (χ0v) is 11.7. The van der Waals surface area contributed by atoms with Crippen LogP contribution in [0.2, 0.25) is 0 Å². The van der Waals surface area contributed by atoms with Gasteiger partial charge in [-0.05, 0) is 24.7 Å². The quantitative estimate of drug-likeness (QED) is 0.663. The zero-order valence-electron chi connectivity index (χ0n) is 11.7. The standard InChI is InChI=1S/C15H29NO2/c1-12(9-10-14(11-16)15(17)18)5-4-8-13-6-2-3-7-13/h12-14H,2-11,16H2,1H3,(H,17,18). The van der Waals surface area contributed by atoms with E-state index in [1.807, 2.05) is 0 Å². The van der Waals surface area contributed by atoms with Crippen LogP contribution in [0.5, 0.6) is 0 Å². The number of carboxylic acid groups (broad SMARTS) is 1. The molecule has 0 amide bonds. The number of nitrogens with two attached hydrogens (primary N) is 1. The Morgan fingerprint density at radius 2 is 1.94 bits per heavy atom. The summed E-state index contributed by atoms with van der Waals surface area (Å²) in [6.45, 7) is 2.51. The van der Waals surface area contributed by atoms with Crippen molar-refractivity contribution in [1.82, 2.24) is 0 Å². The second kappa shape index (κ2) is 8.52. The molecule has 0 heterocycles. The molecule has 0 aliphatic heterocycles. The van der Waals surface area contributed by atoms with Gasteiger partial charge < -0.3 is 10.8 Å². The van der Waals surface area contributed by atoms with Crippen molar-refractivity contribution in [3.05, 3.63) is 0 Å². The maximum Gasteiger partial charge on any atom is 0.307 e. The van der Waals surface area contributed by atoms with Gasteiger partial charge in [0.1, 0.15) is 0 Å². The summed E-state index contributed by atoms with van der Waals surface area (Å²) >= 11 is 0. The number of aliphatic carboxylic acids is 1.